The third-order valence-electron chi connectivity index (χ3n) is 4.50. The van der Waals surface area contributed by atoms with Gasteiger partial charge in [-0.15, -0.1) is 0 Å². The van der Waals surface area contributed by atoms with Gasteiger partial charge in [-0.25, -0.2) is 4.79 Å². The van der Waals surface area contributed by atoms with Gasteiger partial charge in [0.15, 0.2) is 17.1 Å². The SMILES string of the molecule is CC(C)(C)C(=O)SCCOP(=O)(O)CP(=O)(O)OC[C@H]1O[C@@H](n2ccc(N)nc2=O)C(F)(F)[C@@H]1O. The van der Waals surface area contributed by atoms with Crippen LogP contribution in [0.25, 0.3) is 0 Å². The van der Waals surface area contributed by atoms with Crippen LogP contribution in [-0.4, -0.2) is 72.6 Å². The summed E-state index contributed by atoms with van der Waals surface area (Å²) in [5.74, 6) is -5.62. The summed E-state index contributed by atoms with van der Waals surface area (Å²) in [5, 5.41) is 9.74. The van der Waals surface area contributed by atoms with Gasteiger partial charge in [-0.1, -0.05) is 32.5 Å². The predicted octanol–water partition coefficient (Wildman–Crippen LogP) is 1.39. The molecule has 0 bridgehead atoms. The molecule has 13 nitrogen and oxygen atoms in total. The Morgan fingerprint density at radius 3 is 2.49 bits per heavy atom. The molecule has 5 N–H and O–H groups in total. The summed E-state index contributed by atoms with van der Waals surface area (Å²) < 4.78 is 68.1. The maximum absolute atomic E-state index is 14.5. The molecule has 0 saturated carbocycles. The number of alkyl halides is 2. The fraction of sp³-hybridized carbons (Fsp3) is 0.706. The summed E-state index contributed by atoms with van der Waals surface area (Å²) in [4.78, 5) is 46.7. The van der Waals surface area contributed by atoms with E-state index < -0.39 is 63.2 Å². The van der Waals surface area contributed by atoms with Crippen molar-refractivity contribution in [1.29, 1.82) is 0 Å². The van der Waals surface area contributed by atoms with E-state index in [1.54, 1.807) is 20.8 Å². The smallest absolute Gasteiger partial charge is 0.351 e. The molecule has 200 valence electrons. The first kappa shape index (κ1) is 30.0. The quantitative estimate of drug-likeness (QED) is 0.234. The molecule has 1 aliphatic heterocycles. The van der Waals surface area contributed by atoms with Crippen LogP contribution in [0.15, 0.2) is 17.1 Å². The predicted molar refractivity (Wildman–Crippen MR) is 121 cm³/mol. The van der Waals surface area contributed by atoms with E-state index in [9.17, 15) is 42.4 Å². The molecule has 0 radical (unpaired) electrons. The van der Waals surface area contributed by atoms with Gasteiger partial charge in [0.25, 0.3) is 0 Å². The Balaban J connectivity index is 1.94. The van der Waals surface area contributed by atoms with Crippen molar-refractivity contribution < 1.29 is 51.4 Å². The van der Waals surface area contributed by atoms with Crippen molar-refractivity contribution >= 4 is 37.9 Å². The molecule has 18 heteroatoms. The summed E-state index contributed by atoms with van der Waals surface area (Å²) in [6.45, 7) is 3.60. The Morgan fingerprint density at radius 2 is 1.91 bits per heavy atom. The minimum Gasteiger partial charge on any atom is -0.384 e. The molecule has 1 aromatic heterocycles. The number of anilines is 1. The Kier molecular flexibility index (Phi) is 9.46. The molecule has 1 aliphatic rings. The highest BCUT2D eigenvalue weighted by Gasteiger charge is 2.60. The van der Waals surface area contributed by atoms with E-state index in [0.29, 0.717) is 4.57 Å². The molecule has 1 saturated heterocycles. The molecule has 2 rings (SSSR count). The number of halogens is 2. The number of carbonyl (C=O) groups excluding carboxylic acids is 1. The number of hydrogen-bond donors (Lipinski definition) is 4. The zero-order chi connectivity index (χ0) is 26.8. The zero-order valence-electron chi connectivity index (χ0n) is 18.9. The number of rotatable bonds is 10. The number of aromatic nitrogens is 2. The first-order chi connectivity index (χ1) is 15.9. The molecule has 5 atom stereocenters. The summed E-state index contributed by atoms with van der Waals surface area (Å²) in [5.41, 5.74) is 3.49. The van der Waals surface area contributed by atoms with E-state index in [4.69, 9.17) is 15.0 Å². The maximum atomic E-state index is 14.5. The lowest BCUT2D eigenvalue weighted by molar-refractivity contribution is -0.140. The first-order valence-electron chi connectivity index (χ1n) is 10.0. The van der Waals surface area contributed by atoms with Crippen LogP contribution in [0.5, 0.6) is 0 Å². The van der Waals surface area contributed by atoms with Crippen LogP contribution in [0.4, 0.5) is 14.6 Å². The van der Waals surface area contributed by atoms with Crippen molar-refractivity contribution in [3.8, 4) is 0 Å². The van der Waals surface area contributed by atoms with Gasteiger partial charge < -0.3 is 34.4 Å². The Morgan fingerprint density at radius 1 is 1.31 bits per heavy atom. The lowest BCUT2D eigenvalue weighted by atomic mass is 10.00. The molecular weight excluding hydrogens is 538 g/mol. The maximum Gasteiger partial charge on any atom is 0.351 e. The summed E-state index contributed by atoms with van der Waals surface area (Å²) in [6, 6.07) is 1.05. The molecule has 1 aromatic rings. The lowest BCUT2D eigenvalue weighted by Crippen LogP contribution is -2.41. The van der Waals surface area contributed by atoms with Gasteiger partial charge in [-0.05, 0) is 6.07 Å². The second-order valence-corrected chi connectivity index (χ2v) is 13.9. The van der Waals surface area contributed by atoms with Gasteiger partial charge in [-0.3, -0.25) is 18.5 Å². The van der Waals surface area contributed by atoms with Crippen molar-refractivity contribution in [1.82, 2.24) is 9.55 Å². The molecule has 2 unspecified atom stereocenters. The molecule has 0 amide bonds. The molecule has 1 fully saturated rings. The fourth-order valence-electron chi connectivity index (χ4n) is 2.74. The van der Waals surface area contributed by atoms with Crippen molar-refractivity contribution in [2.45, 2.75) is 45.1 Å². The lowest BCUT2D eigenvalue weighted by Gasteiger charge is -2.21. The third kappa shape index (κ3) is 8.14. The standard InChI is InChI=1S/C17H27F2N3O10P2S/c1-16(2,3)14(24)35-7-6-30-33(26,27)9-34(28,29)31-8-10-12(23)17(18,19)13(32-10)22-5-4-11(20)21-15(22)25/h4-5,10,12-13,23H,6-9H2,1-3H3,(H,26,27)(H,28,29)(H2,20,21,25)/t10-,12-,13-/m1/s1. The number of aliphatic hydroxyl groups excluding tert-OH is 1. The Bertz CT molecular complexity index is 1080. The second kappa shape index (κ2) is 11.0. The molecular formula is C17H27F2N3O10P2S. The highest BCUT2D eigenvalue weighted by atomic mass is 32.2. The van der Waals surface area contributed by atoms with Crippen molar-refractivity contribution in [3.63, 3.8) is 0 Å². The number of aliphatic hydroxyl groups is 1. The summed E-state index contributed by atoms with van der Waals surface area (Å²) in [7, 11) is -9.55. The number of nitrogens with zero attached hydrogens (tertiary/aromatic N) is 2. The number of hydrogen-bond acceptors (Lipinski definition) is 11. The minimum atomic E-state index is -4.88. The van der Waals surface area contributed by atoms with Crippen molar-refractivity contribution in [2.75, 3.05) is 30.6 Å². The van der Waals surface area contributed by atoms with Gasteiger partial charge in [-0.2, -0.15) is 13.8 Å². The largest absolute Gasteiger partial charge is 0.384 e. The topological polar surface area (TPSA) is 201 Å². The minimum absolute atomic E-state index is 0.00911. The molecule has 2 heterocycles. The van der Waals surface area contributed by atoms with E-state index in [-0.39, 0.29) is 23.3 Å². The Hall–Kier alpha value is -1.22. The zero-order valence-corrected chi connectivity index (χ0v) is 21.6. The van der Waals surface area contributed by atoms with Crippen molar-refractivity contribution in [2.24, 2.45) is 5.41 Å². The van der Waals surface area contributed by atoms with Gasteiger partial charge >= 0.3 is 26.8 Å². The van der Waals surface area contributed by atoms with Gasteiger partial charge in [0.05, 0.1) is 13.2 Å². The van der Waals surface area contributed by atoms with E-state index in [1.165, 1.54) is 0 Å². The molecule has 0 aliphatic carbocycles. The van der Waals surface area contributed by atoms with E-state index in [1.807, 2.05) is 0 Å². The van der Waals surface area contributed by atoms with Gasteiger partial charge in [0.1, 0.15) is 11.9 Å². The van der Waals surface area contributed by atoms with Crippen LogP contribution in [0.3, 0.4) is 0 Å². The van der Waals surface area contributed by atoms with Crippen LogP contribution in [0.2, 0.25) is 0 Å². The number of nitrogens with two attached hydrogens (primary N) is 1. The summed E-state index contributed by atoms with van der Waals surface area (Å²) in [6.07, 6.45) is -5.86. The third-order valence-corrected chi connectivity index (χ3v) is 9.75. The van der Waals surface area contributed by atoms with Crippen LogP contribution >= 0.6 is 27.0 Å². The van der Waals surface area contributed by atoms with Gasteiger partial charge in [0.2, 0.25) is 6.23 Å². The van der Waals surface area contributed by atoms with Gasteiger partial charge in [0, 0.05) is 17.4 Å². The van der Waals surface area contributed by atoms with E-state index in [2.05, 4.69) is 9.51 Å². The highest BCUT2D eigenvalue weighted by Crippen LogP contribution is 2.58. The molecule has 35 heavy (non-hydrogen) atoms. The van der Waals surface area contributed by atoms with E-state index >= 15 is 0 Å². The monoisotopic (exact) mass is 565 g/mol. The van der Waals surface area contributed by atoms with Crippen molar-refractivity contribution in [3.05, 3.63) is 22.7 Å². The molecule has 0 spiro atoms. The normalized spacial score (nSPS) is 25.7. The average Bonchev–Trinajstić information content (AvgIpc) is 2.91. The number of ether oxygens (including phenoxy) is 1. The Labute approximate surface area is 203 Å². The highest BCUT2D eigenvalue weighted by molar-refractivity contribution is 8.13. The number of thioether (sulfide) groups is 1. The van der Waals surface area contributed by atoms with E-state index in [0.717, 1.165) is 24.0 Å². The number of carbonyl (C=O) groups is 1. The van der Waals surface area contributed by atoms with Crippen LogP contribution in [-0.2, 0) is 27.7 Å². The first-order valence-corrected chi connectivity index (χ1v) is 14.5. The molecule has 0 aromatic carbocycles. The van der Waals surface area contributed by atoms with Crippen LogP contribution < -0.4 is 11.4 Å². The average molecular weight is 565 g/mol. The van der Waals surface area contributed by atoms with Crippen LogP contribution in [0, 0.1) is 5.41 Å². The second-order valence-electron chi connectivity index (χ2n) is 8.62. The summed E-state index contributed by atoms with van der Waals surface area (Å²) >= 11 is 0.859. The fourth-order valence-corrected chi connectivity index (χ4v) is 6.86. The number of nitrogen functional groups attached to an aromatic ring is 1. The van der Waals surface area contributed by atoms with Crippen LogP contribution in [0.1, 0.15) is 27.0 Å².